The highest BCUT2D eigenvalue weighted by molar-refractivity contribution is 7.86. The summed E-state index contributed by atoms with van der Waals surface area (Å²) in [4.78, 5) is 23.5. The number of carboxylic acid groups (broad SMARTS) is 1. The van der Waals surface area contributed by atoms with Crippen LogP contribution in [0.1, 0.15) is 10.4 Å². The third-order valence-corrected chi connectivity index (χ3v) is 3.63. The number of rotatable bonds is 4. The molecule has 6 N–H and O–H groups in total. The van der Waals surface area contributed by atoms with Crippen molar-refractivity contribution >= 4 is 33.1 Å². The molecule has 0 saturated carbocycles. The number of anilines is 1. The first-order chi connectivity index (χ1) is 11.1. The summed E-state index contributed by atoms with van der Waals surface area (Å²) in [5, 5.41) is 25.6. The molecule has 1 aromatic carbocycles. The maximum atomic E-state index is 11.3. The minimum Gasteiger partial charge on any atom is -0.493 e. The zero-order valence-corrected chi connectivity index (χ0v) is 12.5. The van der Waals surface area contributed by atoms with Crippen molar-refractivity contribution in [2.75, 3.05) is 5.73 Å². The SMILES string of the molecule is Nc1ccc(N=Nc2c(C(=O)O)cc(=O)[nH]c2O)c(S(=O)(=O)O)c1. The van der Waals surface area contributed by atoms with Crippen LogP contribution in [0.5, 0.6) is 5.88 Å². The van der Waals surface area contributed by atoms with Crippen molar-refractivity contribution in [1.82, 2.24) is 4.98 Å². The number of hydrogen-bond donors (Lipinski definition) is 5. The topological polar surface area (TPSA) is 195 Å². The molecule has 24 heavy (non-hydrogen) atoms. The minimum atomic E-state index is -4.67. The quantitative estimate of drug-likeness (QED) is 0.304. The minimum absolute atomic E-state index is 0.0275. The molecular formula is C12H10N4O7S. The molecule has 12 heteroatoms. The second kappa shape index (κ2) is 6.10. The number of aromatic hydroxyl groups is 1. The Labute approximate surface area is 133 Å². The molecule has 0 atom stereocenters. The number of pyridine rings is 1. The summed E-state index contributed by atoms with van der Waals surface area (Å²) in [6.07, 6.45) is 0. The average molecular weight is 354 g/mol. The van der Waals surface area contributed by atoms with E-state index in [1.165, 1.54) is 6.07 Å². The van der Waals surface area contributed by atoms with Gasteiger partial charge in [0.2, 0.25) is 5.88 Å². The highest BCUT2D eigenvalue weighted by atomic mass is 32.2. The number of azo groups is 1. The molecule has 0 aliphatic carbocycles. The Balaban J connectivity index is 2.62. The van der Waals surface area contributed by atoms with Gasteiger partial charge in [0.05, 0.1) is 5.56 Å². The molecular weight excluding hydrogens is 344 g/mol. The lowest BCUT2D eigenvalue weighted by Gasteiger charge is -2.04. The molecule has 126 valence electrons. The van der Waals surface area contributed by atoms with Crippen molar-refractivity contribution in [3.8, 4) is 5.88 Å². The van der Waals surface area contributed by atoms with Gasteiger partial charge < -0.3 is 15.9 Å². The molecule has 2 rings (SSSR count). The van der Waals surface area contributed by atoms with E-state index in [1.54, 1.807) is 0 Å². The third kappa shape index (κ3) is 3.56. The van der Waals surface area contributed by atoms with Gasteiger partial charge in [-0.3, -0.25) is 14.3 Å². The fraction of sp³-hybridized carbons (Fsp3) is 0. The van der Waals surface area contributed by atoms with Crippen molar-refractivity contribution in [1.29, 1.82) is 0 Å². The highest BCUT2D eigenvalue weighted by Gasteiger charge is 2.18. The van der Waals surface area contributed by atoms with E-state index in [-0.39, 0.29) is 11.4 Å². The maximum absolute atomic E-state index is 11.3. The number of nitrogens with two attached hydrogens (primary N) is 1. The number of H-pyrrole nitrogens is 1. The first kappa shape index (κ1) is 17.1. The second-order valence-corrected chi connectivity index (χ2v) is 5.84. The Bertz CT molecular complexity index is 1010. The van der Waals surface area contributed by atoms with E-state index >= 15 is 0 Å². The summed E-state index contributed by atoms with van der Waals surface area (Å²) < 4.78 is 31.8. The predicted molar refractivity (Wildman–Crippen MR) is 80.5 cm³/mol. The van der Waals surface area contributed by atoms with E-state index in [0.29, 0.717) is 6.07 Å². The summed E-state index contributed by atoms with van der Waals surface area (Å²) in [5.74, 6) is -2.43. The normalized spacial score (nSPS) is 11.7. The number of benzene rings is 1. The molecule has 1 aromatic heterocycles. The number of aromatic carboxylic acids is 1. The third-order valence-electron chi connectivity index (χ3n) is 2.75. The molecule has 2 aromatic rings. The van der Waals surface area contributed by atoms with Crippen LogP contribution < -0.4 is 11.3 Å². The second-order valence-electron chi connectivity index (χ2n) is 4.45. The number of nitrogen functional groups attached to an aromatic ring is 1. The maximum Gasteiger partial charge on any atom is 0.338 e. The van der Waals surface area contributed by atoms with Gasteiger partial charge in [0, 0.05) is 11.8 Å². The van der Waals surface area contributed by atoms with E-state index in [4.69, 9.17) is 15.4 Å². The zero-order chi connectivity index (χ0) is 18.1. The molecule has 0 saturated heterocycles. The first-order valence-electron chi connectivity index (χ1n) is 6.08. The summed E-state index contributed by atoms with van der Waals surface area (Å²) in [6, 6.07) is 3.98. The van der Waals surface area contributed by atoms with Crippen LogP contribution in [0.25, 0.3) is 0 Å². The smallest absolute Gasteiger partial charge is 0.338 e. The molecule has 0 unspecified atom stereocenters. The van der Waals surface area contributed by atoms with E-state index in [9.17, 15) is 23.1 Å². The van der Waals surface area contributed by atoms with Gasteiger partial charge in [-0.2, -0.15) is 8.42 Å². The van der Waals surface area contributed by atoms with Gasteiger partial charge in [0.1, 0.15) is 10.6 Å². The molecule has 0 aliphatic heterocycles. The van der Waals surface area contributed by atoms with Crippen LogP contribution in [0.3, 0.4) is 0 Å². The van der Waals surface area contributed by atoms with Crippen LogP contribution in [0, 0.1) is 0 Å². The Morgan fingerprint density at radius 3 is 2.46 bits per heavy atom. The number of nitrogens with one attached hydrogen (secondary N) is 1. The number of nitrogens with zero attached hydrogens (tertiary/aromatic N) is 2. The fourth-order valence-electron chi connectivity index (χ4n) is 1.73. The van der Waals surface area contributed by atoms with E-state index in [0.717, 1.165) is 12.1 Å². The predicted octanol–water partition coefficient (Wildman–Crippen LogP) is 1.02. The molecule has 1 heterocycles. The molecule has 0 amide bonds. The van der Waals surface area contributed by atoms with Crippen LogP contribution in [0.15, 0.2) is 44.2 Å². The lowest BCUT2D eigenvalue weighted by Crippen LogP contribution is -2.09. The van der Waals surface area contributed by atoms with Crippen LogP contribution >= 0.6 is 0 Å². The van der Waals surface area contributed by atoms with Crippen molar-refractivity contribution in [3.63, 3.8) is 0 Å². The van der Waals surface area contributed by atoms with Crippen molar-refractivity contribution < 1.29 is 28.0 Å². The number of aromatic nitrogens is 1. The standard InChI is InChI=1S/C12H10N4O7S/c13-5-1-2-7(8(3-5)24(21,22)23)15-16-10-6(12(19)20)4-9(17)14-11(10)18/h1-4H,13H2,(H,19,20)(H2,14,17,18)(H,21,22,23). The van der Waals surface area contributed by atoms with Crippen LogP contribution in [0.4, 0.5) is 17.1 Å². The summed E-state index contributed by atoms with van der Waals surface area (Å²) in [5.41, 5.74) is 2.98. The highest BCUT2D eigenvalue weighted by Crippen LogP contribution is 2.32. The summed E-state index contributed by atoms with van der Waals surface area (Å²) in [7, 11) is -4.67. The monoisotopic (exact) mass is 354 g/mol. The molecule has 0 fully saturated rings. The van der Waals surface area contributed by atoms with Gasteiger partial charge in [-0.25, -0.2) is 4.79 Å². The van der Waals surface area contributed by atoms with Gasteiger partial charge in [-0.15, -0.1) is 10.2 Å². The summed E-state index contributed by atoms with van der Waals surface area (Å²) >= 11 is 0. The van der Waals surface area contributed by atoms with E-state index < -0.39 is 43.7 Å². The molecule has 0 aliphatic rings. The van der Waals surface area contributed by atoms with Gasteiger partial charge >= 0.3 is 5.97 Å². The molecule has 0 bridgehead atoms. The van der Waals surface area contributed by atoms with E-state index in [2.05, 4.69) is 10.2 Å². The van der Waals surface area contributed by atoms with Gasteiger partial charge in [-0.05, 0) is 18.2 Å². The van der Waals surface area contributed by atoms with Crippen LogP contribution in [-0.4, -0.2) is 34.1 Å². The molecule has 0 spiro atoms. The Kier molecular flexibility index (Phi) is 4.35. The van der Waals surface area contributed by atoms with Gasteiger partial charge in [-0.1, -0.05) is 0 Å². The zero-order valence-electron chi connectivity index (χ0n) is 11.7. The van der Waals surface area contributed by atoms with Crippen LogP contribution in [0.2, 0.25) is 0 Å². The Morgan fingerprint density at radius 1 is 1.21 bits per heavy atom. The number of hydrogen-bond acceptors (Lipinski definition) is 8. The lowest BCUT2D eigenvalue weighted by molar-refractivity contribution is 0.0697. The molecule has 11 nitrogen and oxygen atoms in total. The largest absolute Gasteiger partial charge is 0.493 e. The number of aromatic amines is 1. The van der Waals surface area contributed by atoms with Crippen LogP contribution in [-0.2, 0) is 10.1 Å². The Hall–Kier alpha value is -3.25. The summed E-state index contributed by atoms with van der Waals surface area (Å²) in [6.45, 7) is 0. The number of carbonyl (C=O) groups is 1. The molecule has 0 radical (unpaired) electrons. The van der Waals surface area contributed by atoms with E-state index in [1.807, 2.05) is 4.98 Å². The first-order valence-corrected chi connectivity index (χ1v) is 7.52. The van der Waals surface area contributed by atoms with Crippen molar-refractivity contribution in [3.05, 3.63) is 40.2 Å². The Morgan fingerprint density at radius 2 is 1.88 bits per heavy atom. The van der Waals surface area contributed by atoms with Gasteiger partial charge in [0.25, 0.3) is 15.7 Å². The lowest BCUT2D eigenvalue weighted by atomic mass is 10.2. The van der Waals surface area contributed by atoms with Crippen molar-refractivity contribution in [2.24, 2.45) is 10.2 Å². The average Bonchev–Trinajstić information content (AvgIpc) is 2.45. The number of carboxylic acids is 1. The van der Waals surface area contributed by atoms with Crippen molar-refractivity contribution in [2.45, 2.75) is 4.90 Å². The van der Waals surface area contributed by atoms with Gasteiger partial charge in [0.15, 0.2) is 5.69 Å². The fourth-order valence-corrected chi connectivity index (χ4v) is 2.39.